The van der Waals surface area contributed by atoms with E-state index in [1.54, 1.807) is 48.0 Å². The molecule has 1 aromatic rings. The van der Waals surface area contributed by atoms with Gasteiger partial charge in [0.05, 0.1) is 12.6 Å². The van der Waals surface area contributed by atoms with E-state index in [9.17, 15) is 14.4 Å². The molecule has 0 saturated heterocycles. The molecule has 0 radical (unpaired) electrons. The van der Waals surface area contributed by atoms with Crippen molar-refractivity contribution >= 4 is 23.4 Å². The van der Waals surface area contributed by atoms with Crippen molar-refractivity contribution in [3.8, 4) is 0 Å². The van der Waals surface area contributed by atoms with Crippen LogP contribution in [0.4, 0.5) is 5.69 Å². The second-order valence-corrected chi connectivity index (χ2v) is 7.94. The normalized spacial score (nSPS) is 12.4. The minimum Gasteiger partial charge on any atom is -0.350 e. The van der Waals surface area contributed by atoms with Crippen molar-refractivity contribution in [2.45, 2.75) is 53.1 Å². The Morgan fingerprint density at radius 2 is 1.71 bits per heavy atom. The summed E-state index contributed by atoms with van der Waals surface area (Å²) in [6.07, 6.45) is 0. The number of likely N-dealkylation sites (N-methyl/N-ethyl adjacent to an activating group) is 1. The number of hydrogen-bond donors (Lipinski definition) is 2. The van der Waals surface area contributed by atoms with Gasteiger partial charge < -0.3 is 15.5 Å². The van der Waals surface area contributed by atoms with Crippen molar-refractivity contribution in [3.05, 3.63) is 29.8 Å². The maximum atomic E-state index is 12.6. The van der Waals surface area contributed by atoms with E-state index in [2.05, 4.69) is 10.6 Å². The largest absolute Gasteiger partial charge is 0.350 e. The Balaban J connectivity index is 2.75. The molecule has 1 unspecified atom stereocenters. The number of carbonyl (C=O) groups excluding carboxylic acids is 3. The van der Waals surface area contributed by atoms with E-state index < -0.39 is 6.04 Å². The molecule has 1 aromatic carbocycles. The van der Waals surface area contributed by atoms with Gasteiger partial charge in [-0.05, 0) is 66.8 Å². The van der Waals surface area contributed by atoms with Crippen molar-refractivity contribution < 1.29 is 14.4 Å². The highest BCUT2D eigenvalue weighted by atomic mass is 16.2. The summed E-state index contributed by atoms with van der Waals surface area (Å²) in [5.41, 5.74) is 0.774. The van der Waals surface area contributed by atoms with Crippen LogP contribution in [0.1, 0.15) is 51.9 Å². The number of nitrogens with zero attached hydrogens (tertiary/aromatic N) is 2. The van der Waals surface area contributed by atoms with Gasteiger partial charge in [0.25, 0.3) is 5.91 Å². The van der Waals surface area contributed by atoms with Crippen LogP contribution in [0.15, 0.2) is 24.3 Å². The van der Waals surface area contributed by atoms with Gasteiger partial charge in [-0.25, -0.2) is 0 Å². The number of benzene rings is 1. The fourth-order valence-electron chi connectivity index (χ4n) is 2.69. The first-order valence-electron chi connectivity index (χ1n) is 9.70. The van der Waals surface area contributed by atoms with Gasteiger partial charge in [0.15, 0.2) is 0 Å². The lowest BCUT2D eigenvalue weighted by molar-refractivity contribution is -0.125. The molecule has 0 aliphatic rings. The third-order valence-electron chi connectivity index (χ3n) is 4.38. The number of carbonyl (C=O) groups is 3. The molecule has 3 amide bonds. The minimum absolute atomic E-state index is 0.0647. The van der Waals surface area contributed by atoms with Crippen LogP contribution in [0.3, 0.4) is 0 Å². The molecule has 0 aliphatic heterocycles. The van der Waals surface area contributed by atoms with Gasteiger partial charge >= 0.3 is 0 Å². The zero-order valence-corrected chi connectivity index (χ0v) is 18.1. The number of rotatable bonds is 8. The van der Waals surface area contributed by atoms with Crippen molar-refractivity contribution in [1.82, 2.24) is 15.1 Å². The van der Waals surface area contributed by atoms with Crippen LogP contribution < -0.4 is 10.6 Å². The molecule has 0 heterocycles. The SMILES string of the molecule is CCN(CC)C(=O)c1cccc(NC(=O)C(C)N(C)CC(=O)NC(C)(C)C)c1. The number of anilines is 1. The molecule has 0 fully saturated rings. The predicted molar refractivity (Wildman–Crippen MR) is 112 cm³/mol. The summed E-state index contributed by atoms with van der Waals surface area (Å²) in [5, 5.41) is 5.71. The Bertz CT molecular complexity index is 693. The van der Waals surface area contributed by atoms with E-state index in [0.29, 0.717) is 24.3 Å². The van der Waals surface area contributed by atoms with Gasteiger partial charge in [0.1, 0.15) is 0 Å². The first-order chi connectivity index (χ1) is 13.0. The Morgan fingerprint density at radius 3 is 2.25 bits per heavy atom. The zero-order chi connectivity index (χ0) is 21.5. The molecule has 1 atom stereocenters. The van der Waals surface area contributed by atoms with E-state index in [0.717, 1.165) is 0 Å². The molecule has 1 rings (SSSR count). The van der Waals surface area contributed by atoms with Crippen LogP contribution in [0.2, 0.25) is 0 Å². The molecular weight excluding hydrogens is 356 g/mol. The van der Waals surface area contributed by atoms with Gasteiger partial charge in [-0.15, -0.1) is 0 Å². The summed E-state index contributed by atoms with van der Waals surface area (Å²) in [6, 6.07) is 6.40. The van der Waals surface area contributed by atoms with E-state index in [4.69, 9.17) is 0 Å². The summed E-state index contributed by atoms with van der Waals surface area (Å²) >= 11 is 0. The standard InChI is InChI=1S/C21H34N4O3/c1-8-25(9-2)20(28)16-11-10-12-17(13-16)22-19(27)15(3)24(7)14-18(26)23-21(4,5)6/h10-13,15H,8-9,14H2,1-7H3,(H,22,27)(H,23,26). The predicted octanol–water partition coefficient (Wildman–Crippen LogP) is 2.34. The first kappa shape index (κ1) is 23.6. The van der Waals surface area contributed by atoms with E-state index in [1.807, 2.05) is 34.6 Å². The highest BCUT2D eigenvalue weighted by molar-refractivity contribution is 5.98. The van der Waals surface area contributed by atoms with Crippen LogP contribution in [0.25, 0.3) is 0 Å². The lowest BCUT2D eigenvalue weighted by atomic mass is 10.1. The van der Waals surface area contributed by atoms with Crippen molar-refractivity contribution in [2.75, 3.05) is 32.0 Å². The van der Waals surface area contributed by atoms with Crippen molar-refractivity contribution in [3.63, 3.8) is 0 Å². The molecule has 7 heteroatoms. The maximum Gasteiger partial charge on any atom is 0.253 e. The van der Waals surface area contributed by atoms with Crippen LogP contribution >= 0.6 is 0 Å². The lowest BCUT2D eigenvalue weighted by Crippen LogP contribution is -2.49. The highest BCUT2D eigenvalue weighted by Gasteiger charge is 2.22. The molecule has 0 aromatic heterocycles. The summed E-state index contributed by atoms with van der Waals surface area (Å²) < 4.78 is 0. The molecule has 0 aliphatic carbocycles. The number of nitrogens with one attached hydrogen (secondary N) is 2. The average Bonchev–Trinajstić information content (AvgIpc) is 2.60. The van der Waals surface area contributed by atoms with Gasteiger partial charge in [-0.2, -0.15) is 0 Å². The third kappa shape index (κ3) is 7.31. The average molecular weight is 391 g/mol. The maximum absolute atomic E-state index is 12.6. The first-order valence-corrected chi connectivity index (χ1v) is 9.70. The number of hydrogen-bond acceptors (Lipinski definition) is 4. The van der Waals surface area contributed by atoms with Gasteiger partial charge in [-0.3, -0.25) is 19.3 Å². The van der Waals surface area contributed by atoms with E-state index >= 15 is 0 Å². The quantitative estimate of drug-likeness (QED) is 0.714. The van der Waals surface area contributed by atoms with Gasteiger partial charge in [0, 0.05) is 29.9 Å². The van der Waals surface area contributed by atoms with Crippen molar-refractivity contribution in [2.24, 2.45) is 0 Å². The van der Waals surface area contributed by atoms with E-state index in [-0.39, 0.29) is 29.8 Å². The smallest absolute Gasteiger partial charge is 0.253 e. The summed E-state index contributed by atoms with van der Waals surface area (Å²) in [4.78, 5) is 40.5. The van der Waals surface area contributed by atoms with Crippen LogP contribution in [-0.2, 0) is 9.59 Å². The van der Waals surface area contributed by atoms with Crippen LogP contribution in [-0.4, -0.2) is 65.8 Å². The molecule has 2 N–H and O–H groups in total. The second kappa shape index (κ2) is 10.2. The third-order valence-corrected chi connectivity index (χ3v) is 4.38. The highest BCUT2D eigenvalue weighted by Crippen LogP contribution is 2.14. The fraction of sp³-hybridized carbons (Fsp3) is 0.571. The zero-order valence-electron chi connectivity index (χ0n) is 18.1. The molecule has 28 heavy (non-hydrogen) atoms. The van der Waals surface area contributed by atoms with E-state index in [1.165, 1.54) is 0 Å². The molecule has 0 saturated carbocycles. The Hall–Kier alpha value is -2.41. The molecule has 7 nitrogen and oxygen atoms in total. The Morgan fingerprint density at radius 1 is 1.11 bits per heavy atom. The molecule has 156 valence electrons. The fourth-order valence-corrected chi connectivity index (χ4v) is 2.69. The number of amides is 3. The second-order valence-electron chi connectivity index (χ2n) is 7.94. The molecule has 0 spiro atoms. The Kier molecular flexibility index (Phi) is 8.63. The monoisotopic (exact) mass is 390 g/mol. The molecule has 0 bridgehead atoms. The van der Waals surface area contributed by atoms with Crippen molar-refractivity contribution in [1.29, 1.82) is 0 Å². The van der Waals surface area contributed by atoms with Crippen LogP contribution in [0.5, 0.6) is 0 Å². The topological polar surface area (TPSA) is 81.8 Å². The minimum atomic E-state index is -0.507. The Labute approximate surface area is 168 Å². The summed E-state index contributed by atoms with van der Waals surface area (Å²) in [7, 11) is 1.73. The summed E-state index contributed by atoms with van der Waals surface area (Å²) in [5.74, 6) is -0.440. The van der Waals surface area contributed by atoms with Crippen LogP contribution in [0, 0.1) is 0 Å². The summed E-state index contributed by atoms with van der Waals surface area (Å²) in [6.45, 7) is 12.7. The van der Waals surface area contributed by atoms with Gasteiger partial charge in [0.2, 0.25) is 11.8 Å². The molecular formula is C21H34N4O3. The van der Waals surface area contributed by atoms with Gasteiger partial charge in [-0.1, -0.05) is 6.07 Å². The lowest BCUT2D eigenvalue weighted by Gasteiger charge is -2.26.